The first-order valence-electron chi connectivity index (χ1n) is 7.57. The number of aromatic nitrogens is 2. The zero-order valence-corrected chi connectivity index (χ0v) is 12.8. The maximum absolute atomic E-state index is 12.2. The van der Waals surface area contributed by atoms with Crippen LogP contribution in [0.5, 0.6) is 0 Å². The Labute approximate surface area is 125 Å². The molecule has 1 aliphatic heterocycles. The number of carbonyl (C=O) groups is 1. The van der Waals surface area contributed by atoms with Crippen molar-refractivity contribution in [3.8, 4) is 0 Å². The highest BCUT2D eigenvalue weighted by Crippen LogP contribution is 2.22. The number of nitrogens with zero attached hydrogens (tertiary/aromatic N) is 2. The van der Waals surface area contributed by atoms with Crippen molar-refractivity contribution < 1.29 is 4.79 Å². The molecule has 0 saturated heterocycles. The number of hydrogen-bond donors (Lipinski definition) is 1. The zero-order valence-electron chi connectivity index (χ0n) is 12.8. The van der Waals surface area contributed by atoms with Crippen molar-refractivity contribution in [1.82, 2.24) is 15.3 Å². The molecule has 1 aliphatic rings. The second-order valence-electron chi connectivity index (χ2n) is 6.25. The number of rotatable bonds is 1. The SMILES string of the molecule is Cc1cc2cc3c(nc2cn1)CCC(C(C)C)NC(=O)C3. The van der Waals surface area contributed by atoms with E-state index in [0.29, 0.717) is 12.3 Å². The van der Waals surface area contributed by atoms with Crippen LogP contribution < -0.4 is 5.32 Å². The van der Waals surface area contributed by atoms with Crippen molar-refractivity contribution in [3.05, 3.63) is 35.3 Å². The van der Waals surface area contributed by atoms with Gasteiger partial charge in [-0.2, -0.15) is 0 Å². The van der Waals surface area contributed by atoms with Crippen LogP contribution in [0.2, 0.25) is 0 Å². The van der Waals surface area contributed by atoms with Crippen molar-refractivity contribution >= 4 is 16.8 Å². The van der Waals surface area contributed by atoms with Gasteiger partial charge in [0.05, 0.1) is 18.1 Å². The van der Waals surface area contributed by atoms with E-state index in [1.54, 1.807) is 0 Å². The summed E-state index contributed by atoms with van der Waals surface area (Å²) < 4.78 is 0. The molecule has 1 amide bonds. The minimum absolute atomic E-state index is 0.0987. The summed E-state index contributed by atoms with van der Waals surface area (Å²) in [5, 5.41) is 4.20. The largest absolute Gasteiger partial charge is 0.353 e. The predicted molar refractivity (Wildman–Crippen MR) is 83.1 cm³/mol. The molecule has 3 heterocycles. The molecule has 0 saturated carbocycles. The van der Waals surface area contributed by atoms with Crippen LogP contribution in [-0.2, 0) is 17.6 Å². The highest BCUT2D eigenvalue weighted by molar-refractivity contribution is 5.83. The second-order valence-corrected chi connectivity index (χ2v) is 6.25. The summed E-state index contributed by atoms with van der Waals surface area (Å²) >= 11 is 0. The standard InChI is InChI=1S/C17H21N3O/c1-10(2)14-4-5-15-13(8-17(21)20-14)7-12-6-11(3)18-9-16(12)19-15/h6-7,9-10,14H,4-5,8H2,1-3H3,(H,20,21). The monoisotopic (exact) mass is 283 g/mol. The molecule has 3 rings (SSSR count). The Morgan fingerprint density at radius 1 is 1.33 bits per heavy atom. The minimum atomic E-state index is 0.0987. The molecule has 0 aromatic carbocycles. The number of carbonyl (C=O) groups excluding carboxylic acids is 1. The first kappa shape index (κ1) is 14.0. The normalized spacial score (nSPS) is 19.0. The highest BCUT2D eigenvalue weighted by Gasteiger charge is 2.22. The molecule has 4 nitrogen and oxygen atoms in total. The lowest BCUT2D eigenvalue weighted by molar-refractivity contribution is -0.121. The lowest BCUT2D eigenvalue weighted by Gasteiger charge is -2.25. The van der Waals surface area contributed by atoms with Crippen molar-refractivity contribution in [2.75, 3.05) is 0 Å². The molecule has 0 radical (unpaired) electrons. The molecule has 1 atom stereocenters. The lowest BCUT2D eigenvalue weighted by Crippen LogP contribution is -2.41. The van der Waals surface area contributed by atoms with Crippen molar-refractivity contribution in [3.63, 3.8) is 0 Å². The first-order valence-corrected chi connectivity index (χ1v) is 7.57. The van der Waals surface area contributed by atoms with Gasteiger partial charge in [-0.1, -0.05) is 13.8 Å². The van der Waals surface area contributed by atoms with Crippen LogP contribution in [0.1, 0.15) is 37.2 Å². The molecule has 2 aromatic rings. The third-order valence-corrected chi connectivity index (χ3v) is 4.20. The van der Waals surface area contributed by atoms with E-state index >= 15 is 0 Å². The summed E-state index contributed by atoms with van der Waals surface area (Å²) in [5.41, 5.74) is 3.99. The second kappa shape index (κ2) is 5.43. The predicted octanol–water partition coefficient (Wildman–Crippen LogP) is 2.57. The molecule has 1 unspecified atom stereocenters. The van der Waals surface area contributed by atoms with Gasteiger partial charge in [0.2, 0.25) is 5.91 Å². The Bertz CT molecular complexity index is 694. The van der Waals surface area contributed by atoms with E-state index in [2.05, 4.69) is 30.2 Å². The molecular formula is C17H21N3O. The molecule has 4 heteroatoms. The minimum Gasteiger partial charge on any atom is -0.353 e. The van der Waals surface area contributed by atoms with Crippen molar-refractivity contribution in [1.29, 1.82) is 0 Å². The van der Waals surface area contributed by atoms with Crippen molar-refractivity contribution in [2.24, 2.45) is 5.92 Å². The smallest absolute Gasteiger partial charge is 0.224 e. The van der Waals surface area contributed by atoms with E-state index in [-0.39, 0.29) is 11.9 Å². The van der Waals surface area contributed by atoms with E-state index in [1.165, 1.54) is 0 Å². The van der Waals surface area contributed by atoms with E-state index in [0.717, 1.165) is 40.7 Å². The molecule has 0 spiro atoms. The Kier molecular flexibility index (Phi) is 3.62. The van der Waals surface area contributed by atoms with Gasteiger partial charge in [-0.15, -0.1) is 0 Å². The number of amides is 1. The van der Waals surface area contributed by atoms with E-state index < -0.39 is 0 Å². The lowest BCUT2D eigenvalue weighted by atomic mass is 9.93. The highest BCUT2D eigenvalue weighted by atomic mass is 16.1. The van der Waals surface area contributed by atoms with Gasteiger partial charge in [0.1, 0.15) is 0 Å². The summed E-state index contributed by atoms with van der Waals surface area (Å²) in [7, 11) is 0. The summed E-state index contributed by atoms with van der Waals surface area (Å²) in [6.07, 6.45) is 4.09. The fourth-order valence-corrected chi connectivity index (χ4v) is 2.94. The Hall–Kier alpha value is -1.97. The number of nitrogens with one attached hydrogen (secondary N) is 1. The summed E-state index contributed by atoms with van der Waals surface area (Å²) in [6.45, 7) is 6.26. The number of pyridine rings is 2. The third-order valence-electron chi connectivity index (χ3n) is 4.20. The Morgan fingerprint density at radius 3 is 2.90 bits per heavy atom. The molecule has 21 heavy (non-hydrogen) atoms. The van der Waals surface area contributed by atoms with Gasteiger partial charge >= 0.3 is 0 Å². The quantitative estimate of drug-likeness (QED) is 0.875. The third kappa shape index (κ3) is 2.89. The van der Waals surface area contributed by atoms with Crippen LogP contribution in [0.25, 0.3) is 10.9 Å². The van der Waals surface area contributed by atoms with Gasteiger partial charge in [-0.3, -0.25) is 14.8 Å². The van der Waals surface area contributed by atoms with Crippen molar-refractivity contribution in [2.45, 2.75) is 46.1 Å². The fourth-order valence-electron chi connectivity index (χ4n) is 2.94. The Morgan fingerprint density at radius 2 is 2.14 bits per heavy atom. The van der Waals surface area contributed by atoms with Gasteiger partial charge in [-0.25, -0.2) is 0 Å². The molecular weight excluding hydrogens is 262 g/mol. The molecule has 2 aromatic heterocycles. The fraction of sp³-hybridized carbons (Fsp3) is 0.471. The van der Waals surface area contributed by atoms with E-state index in [9.17, 15) is 4.79 Å². The summed E-state index contributed by atoms with van der Waals surface area (Å²) in [5.74, 6) is 0.543. The topological polar surface area (TPSA) is 54.9 Å². The van der Waals surface area contributed by atoms with E-state index in [1.807, 2.05) is 19.2 Å². The van der Waals surface area contributed by atoms with Crippen LogP contribution in [0.15, 0.2) is 18.3 Å². The number of aryl methyl sites for hydroxylation is 2. The maximum Gasteiger partial charge on any atom is 0.224 e. The molecule has 110 valence electrons. The van der Waals surface area contributed by atoms with Gasteiger partial charge in [0, 0.05) is 22.8 Å². The average Bonchev–Trinajstić information content (AvgIpc) is 2.41. The maximum atomic E-state index is 12.2. The van der Waals surface area contributed by atoms with Gasteiger partial charge in [0.25, 0.3) is 0 Å². The van der Waals surface area contributed by atoms with Gasteiger partial charge in [0.15, 0.2) is 0 Å². The molecule has 0 aliphatic carbocycles. The van der Waals surface area contributed by atoms with Gasteiger partial charge < -0.3 is 5.32 Å². The molecule has 1 N–H and O–H groups in total. The molecule has 0 bridgehead atoms. The first-order chi connectivity index (χ1) is 10.0. The summed E-state index contributed by atoms with van der Waals surface area (Å²) in [6, 6.07) is 4.36. The number of fused-ring (bicyclic) bond motifs is 2. The van der Waals surface area contributed by atoms with Crippen LogP contribution in [0.3, 0.4) is 0 Å². The van der Waals surface area contributed by atoms with Crippen LogP contribution >= 0.6 is 0 Å². The van der Waals surface area contributed by atoms with Crippen LogP contribution in [-0.4, -0.2) is 21.9 Å². The Balaban J connectivity index is 2.02. The average molecular weight is 283 g/mol. The van der Waals surface area contributed by atoms with Crippen LogP contribution in [0, 0.1) is 12.8 Å². The van der Waals surface area contributed by atoms with Crippen LogP contribution in [0.4, 0.5) is 0 Å². The summed E-state index contributed by atoms with van der Waals surface area (Å²) in [4.78, 5) is 21.2. The van der Waals surface area contributed by atoms with Gasteiger partial charge in [-0.05, 0) is 43.4 Å². The number of hydrogen-bond acceptors (Lipinski definition) is 3. The zero-order chi connectivity index (χ0) is 15.0. The molecule has 0 fully saturated rings. The van der Waals surface area contributed by atoms with E-state index in [4.69, 9.17) is 4.98 Å².